The first kappa shape index (κ1) is 19.2. The normalized spacial score (nSPS) is 11.9. The van der Waals surface area contributed by atoms with Crippen LogP contribution in [0.25, 0.3) is 11.3 Å². The van der Waals surface area contributed by atoms with Crippen molar-refractivity contribution in [1.29, 1.82) is 0 Å². The molecule has 0 atom stereocenters. The molecular weight excluding hydrogens is 430 g/mol. The summed E-state index contributed by atoms with van der Waals surface area (Å²) >= 11 is 4.96. The second kappa shape index (κ2) is 8.41. The molecule has 0 spiro atoms. The molecule has 6 nitrogen and oxygen atoms in total. The first-order valence-electron chi connectivity index (χ1n) is 7.96. The number of ether oxygens (including phenoxy) is 2. The quantitative estimate of drug-likeness (QED) is 0.598. The van der Waals surface area contributed by atoms with Gasteiger partial charge in [0, 0.05) is 28.0 Å². The molecule has 8 heteroatoms. The van der Waals surface area contributed by atoms with Crippen molar-refractivity contribution < 1.29 is 14.6 Å². The molecule has 3 aromatic rings. The average molecular weight is 448 g/mol. The Bertz CT molecular complexity index is 1010. The number of halogens is 1. The number of methoxy groups -OCH3 is 2. The van der Waals surface area contributed by atoms with Crippen LogP contribution in [-0.4, -0.2) is 37.3 Å². The van der Waals surface area contributed by atoms with Crippen LogP contribution in [0.2, 0.25) is 0 Å². The lowest BCUT2D eigenvalue weighted by Gasteiger charge is -2.09. The summed E-state index contributed by atoms with van der Waals surface area (Å²) in [6.07, 6.45) is 1.67. The Kier molecular flexibility index (Phi) is 5.98. The molecule has 0 amide bonds. The standard InChI is InChI=1S/C19H18BrN3O3S/c1-21-19-23(15(11-27-19)13-4-6-14(20)7-5-13)22-10-12-8-16(25-2)18(24)17(9-12)26-3/h4-11,24H,1-3H3. The maximum atomic E-state index is 10.0. The molecule has 1 N–H and O–H groups in total. The third-order valence-corrected chi connectivity index (χ3v) is 5.28. The van der Waals surface area contributed by atoms with Crippen molar-refractivity contribution in [3.05, 3.63) is 56.6 Å². The van der Waals surface area contributed by atoms with Gasteiger partial charge in [0.1, 0.15) is 0 Å². The Hall–Kier alpha value is -2.58. The van der Waals surface area contributed by atoms with E-state index in [0.717, 1.165) is 26.1 Å². The van der Waals surface area contributed by atoms with E-state index in [1.165, 1.54) is 25.6 Å². The van der Waals surface area contributed by atoms with E-state index in [9.17, 15) is 5.11 Å². The summed E-state index contributed by atoms with van der Waals surface area (Å²) in [5, 5.41) is 16.7. The van der Waals surface area contributed by atoms with Crippen LogP contribution in [0.15, 0.2) is 56.3 Å². The molecule has 0 radical (unpaired) electrons. The zero-order valence-corrected chi connectivity index (χ0v) is 17.4. The molecule has 0 unspecified atom stereocenters. The smallest absolute Gasteiger partial charge is 0.205 e. The molecule has 0 aliphatic heterocycles. The van der Waals surface area contributed by atoms with Gasteiger partial charge in [-0.2, -0.15) is 5.10 Å². The van der Waals surface area contributed by atoms with Crippen LogP contribution in [0.4, 0.5) is 0 Å². The minimum atomic E-state index is -0.0415. The van der Waals surface area contributed by atoms with E-state index in [0.29, 0.717) is 11.5 Å². The second-order valence-corrected chi connectivity index (χ2v) is 7.22. The fraction of sp³-hybridized carbons (Fsp3) is 0.158. The number of hydrogen-bond acceptors (Lipinski definition) is 6. The second-order valence-electron chi connectivity index (χ2n) is 5.46. The highest BCUT2D eigenvalue weighted by molar-refractivity contribution is 9.10. The Balaban J connectivity index is 2.05. The molecule has 0 aliphatic carbocycles. The molecule has 0 saturated heterocycles. The first-order chi connectivity index (χ1) is 13.1. The minimum absolute atomic E-state index is 0.0415. The summed E-state index contributed by atoms with van der Waals surface area (Å²) in [6.45, 7) is 0. The van der Waals surface area contributed by atoms with Crippen molar-refractivity contribution >= 4 is 33.5 Å². The van der Waals surface area contributed by atoms with E-state index in [1.807, 2.05) is 29.6 Å². The Morgan fingerprint density at radius 3 is 2.30 bits per heavy atom. The lowest BCUT2D eigenvalue weighted by molar-refractivity contribution is 0.340. The van der Waals surface area contributed by atoms with Crippen molar-refractivity contribution in [2.75, 3.05) is 21.3 Å². The number of nitrogens with zero attached hydrogens (tertiary/aromatic N) is 3. The SMILES string of the molecule is CN=c1scc(-c2ccc(Br)cc2)n1N=Cc1cc(OC)c(O)c(OC)c1. The molecule has 1 aromatic heterocycles. The van der Waals surface area contributed by atoms with Gasteiger partial charge < -0.3 is 14.6 Å². The van der Waals surface area contributed by atoms with Gasteiger partial charge in [-0.3, -0.25) is 4.99 Å². The summed E-state index contributed by atoms with van der Waals surface area (Å²) in [4.78, 5) is 5.06. The van der Waals surface area contributed by atoms with Gasteiger partial charge in [0.2, 0.25) is 10.6 Å². The monoisotopic (exact) mass is 447 g/mol. The van der Waals surface area contributed by atoms with Gasteiger partial charge in [-0.05, 0) is 24.3 Å². The van der Waals surface area contributed by atoms with Gasteiger partial charge in [0.05, 0.1) is 26.1 Å². The number of hydrogen-bond donors (Lipinski definition) is 1. The maximum Gasteiger partial charge on any atom is 0.205 e. The zero-order chi connectivity index (χ0) is 19.4. The fourth-order valence-corrected chi connectivity index (χ4v) is 3.56. The number of rotatable bonds is 5. The molecule has 27 heavy (non-hydrogen) atoms. The van der Waals surface area contributed by atoms with Gasteiger partial charge in [-0.1, -0.05) is 28.1 Å². The van der Waals surface area contributed by atoms with Crippen molar-refractivity contribution in [3.8, 4) is 28.5 Å². The molecule has 0 bridgehead atoms. The van der Waals surface area contributed by atoms with E-state index in [-0.39, 0.29) is 5.75 Å². The molecule has 1 heterocycles. The summed E-state index contributed by atoms with van der Waals surface area (Å²) in [5.74, 6) is 0.597. The van der Waals surface area contributed by atoms with Gasteiger partial charge in [0.25, 0.3) is 0 Å². The third kappa shape index (κ3) is 4.06. The van der Waals surface area contributed by atoms with Crippen LogP contribution in [0.3, 0.4) is 0 Å². The largest absolute Gasteiger partial charge is 0.502 e. The molecule has 140 valence electrons. The van der Waals surface area contributed by atoms with Gasteiger partial charge in [0.15, 0.2) is 11.5 Å². The molecule has 3 rings (SSSR count). The summed E-state index contributed by atoms with van der Waals surface area (Å²) < 4.78 is 13.2. The Morgan fingerprint density at radius 1 is 1.11 bits per heavy atom. The van der Waals surface area contributed by atoms with Crippen LogP contribution >= 0.6 is 27.3 Å². The van der Waals surface area contributed by atoms with Crippen LogP contribution in [0, 0.1) is 0 Å². The minimum Gasteiger partial charge on any atom is -0.502 e. The Labute approximate surface area is 169 Å². The van der Waals surface area contributed by atoms with E-state index in [4.69, 9.17) is 9.47 Å². The number of thiazole rings is 1. The van der Waals surface area contributed by atoms with Gasteiger partial charge in [-0.15, -0.1) is 11.3 Å². The van der Waals surface area contributed by atoms with Gasteiger partial charge in [-0.25, -0.2) is 4.68 Å². The van der Waals surface area contributed by atoms with Crippen molar-refractivity contribution in [1.82, 2.24) is 4.68 Å². The van der Waals surface area contributed by atoms with Crippen molar-refractivity contribution in [2.24, 2.45) is 10.1 Å². The summed E-state index contributed by atoms with van der Waals surface area (Å²) in [5.41, 5.74) is 2.69. The number of phenols is 1. The number of benzene rings is 2. The van der Waals surface area contributed by atoms with Crippen LogP contribution < -0.4 is 14.3 Å². The van der Waals surface area contributed by atoms with Crippen molar-refractivity contribution in [3.63, 3.8) is 0 Å². The average Bonchev–Trinajstić information content (AvgIpc) is 3.10. The lowest BCUT2D eigenvalue weighted by Crippen LogP contribution is -2.11. The molecule has 0 fully saturated rings. The molecule has 0 aliphatic rings. The zero-order valence-electron chi connectivity index (χ0n) is 15.0. The maximum absolute atomic E-state index is 10.0. The molecule has 0 saturated carbocycles. The fourth-order valence-electron chi connectivity index (χ4n) is 2.49. The lowest BCUT2D eigenvalue weighted by atomic mass is 10.2. The topological polar surface area (TPSA) is 68.3 Å². The number of aromatic nitrogens is 1. The molecule has 2 aromatic carbocycles. The third-order valence-electron chi connectivity index (χ3n) is 3.84. The highest BCUT2D eigenvalue weighted by Crippen LogP contribution is 2.36. The molecular formula is C19H18BrN3O3S. The van der Waals surface area contributed by atoms with Crippen LogP contribution in [0.5, 0.6) is 17.2 Å². The number of aromatic hydroxyl groups is 1. The van der Waals surface area contributed by atoms with E-state index in [1.54, 1.807) is 30.1 Å². The van der Waals surface area contributed by atoms with E-state index < -0.39 is 0 Å². The van der Waals surface area contributed by atoms with E-state index >= 15 is 0 Å². The van der Waals surface area contributed by atoms with Crippen LogP contribution in [-0.2, 0) is 0 Å². The summed E-state index contributed by atoms with van der Waals surface area (Å²) in [6, 6.07) is 11.4. The van der Waals surface area contributed by atoms with Gasteiger partial charge >= 0.3 is 0 Å². The van der Waals surface area contributed by atoms with Crippen molar-refractivity contribution in [2.45, 2.75) is 0 Å². The highest BCUT2D eigenvalue weighted by atomic mass is 79.9. The van der Waals surface area contributed by atoms with Crippen LogP contribution in [0.1, 0.15) is 5.56 Å². The highest BCUT2D eigenvalue weighted by Gasteiger charge is 2.11. The summed E-state index contributed by atoms with van der Waals surface area (Å²) in [7, 11) is 4.71. The number of phenolic OH excluding ortho intramolecular Hbond substituents is 1. The first-order valence-corrected chi connectivity index (χ1v) is 9.63. The Morgan fingerprint density at radius 2 is 1.74 bits per heavy atom. The van der Waals surface area contributed by atoms with E-state index in [2.05, 4.69) is 26.0 Å². The predicted molar refractivity (Wildman–Crippen MR) is 111 cm³/mol. The predicted octanol–water partition coefficient (Wildman–Crippen LogP) is 4.11.